The zero-order chi connectivity index (χ0) is 17.4. The summed E-state index contributed by atoms with van der Waals surface area (Å²) in [6.45, 7) is 9.36. The van der Waals surface area contributed by atoms with E-state index < -0.39 is 5.72 Å². The Hall–Kier alpha value is -2.24. The fourth-order valence-corrected chi connectivity index (χ4v) is 3.10. The van der Waals surface area contributed by atoms with E-state index in [4.69, 9.17) is 15.2 Å². The fraction of sp³-hybridized carbons (Fsp3) is 0.529. The van der Waals surface area contributed by atoms with Crippen molar-refractivity contribution >= 4 is 11.9 Å². The fourth-order valence-electron chi connectivity index (χ4n) is 3.10. The number of aliphatic imine (C=N–C) groups is 1. The van der Waals surface area contributed by atoms with Gasteiger partial charge in [0.25, 0.3) is 0 Å². The molecule has 1 aliphatic rings. The number of nitrogens with two attached hydrogens (primary N) is 1. The average Bonchev–Trinajstić information content (AvgIpc) is 2.44. The first kappa shape index (κ1) is 17.1. The van der Waals surface area contributed by atoms with Crippen molar-refractivity contribution in [3.8, 4) is 11.5 Å². The molecule has 126 valence electrons. The van der Waals surface area contributed by atoms with Gasteiger partial charge in [0, 0.05) is 18.9 Å². The van der Waals surface area contributed by atoms with Crippen LogP contribution >= 0.6 is 0 Å². The molecule has 0 aromatic heterocycles. The molecule has 0 radical (unpaired) electrons. The van der Waals surface area contributed by atoms with Gasteiger partial charge in [0.1, 0.15) is 11.5 Å². The van der Waals surface area contributed by atoms with Crippen molar-refractivity contribution < 1.29 is 14.3 Å². The normalized spacial score (nSPS) is 20.5. The van der Waals surface area contributed by atoms with Crippen molar-refractivity contribution in [1.29, 1.82) is 0 Å². The van der Waals surface area contributed by atoms with Gasteiger partial charge in [-0.25, -0.2) is 0 Å². The Bertz CT molecular complexity index is 682. The summed E-state index contributed by atoms with van der Waals surface area (Å²) < 4.78 is 11.8. The summed E-state index contributed by atoms with van der Waals surface area (Å²) in [6.07, 6.45) is 1.54. The van der Waals surface area contributed by atoms with E-state index in [0.29, 0.717) is 6.42 Å². The van der Waals surface area contributed by atoms with Gasteiger partial charge in [-0.15, -0.1) is 0 Å². The van der Waals surface area contributed by atoms with Crippen LogP contribution in [0.15, 0.2) is 4.99 Å². The van der Waals surface area contributed by atoms with Gasteiger partial charge in [0.15, 0.2) is 11.7 Å². The molecule has 6 nitrogen and oxygen atoms in total. The number of carbonyl (C=O) groups is 1. The minimum atomic E-state index is -0.700. The summed E-state index contributed by atoms with van der Waals surface area (Å²) in [5.74, 6) is 1.50. The summed E-state index contributed by atoms with van der Waals surface area (Å²) in [5.41, 5.74) is 9.46. The lowest BCUT2D eigenvalue weighted by Crippen LogP contribution is -2.55. The van der Waals surface area contributed by atoms with Gasteiger partial charge in [-0.2, -0.15) is 4.99 Å². The molecular weight excluding hydrogens is 294 g/mol. The zero-order valence-corrected chi connectivity index (χ0v) is 14.7. The van der Waals surface area contributed by atoms with Gasteiger partial charge in [0.05, 0.1) is 7.11 Å². The number of nitrogens with one attached hydrogen (secondary N) is 1. The van der Waals surface area contributed by atoms with Crippen LogP contribution in [-0.2, 0) is 11.2 Å². The van der Waals surface area contributed by atoms with Gasteiger partial charge in [-0.05, 0) is 50.8 Å². The van der Waals surface area contributed by atoms with Gasteiger partial charge in [-0.3, -0.25) is 4.79 Å². The molecule has 0 bridgehead atoms. The predicted octanol–water partition coefficient (Wildman–Crippen LogP) is 2.11. The summed E-state index contributed by atoms with van der Waals surface area (Å²) >= 11 is 0. The second kappa shape index (κ2) is 6.10. The van der Waals surface area contributed by atoms with Crippen LogP contribution in [0.4, 0.5) is 0 Å². The maximum Gasteiger partial charge on any atom is 0.245 e. The van der Waals surface area contributed by atoms with Crippen molar-refractivity contribution in [3.05, 3.63) is 22.3 Å². The summed E-state index contributed by atoms with van der Waals surface area (Å²) in [7, 11) is 1.69. The Kier molecular flexibility index (Phi) is 4.54. The standard InChI is InChI=1S/C17H25N3O3/c1-9-10(2)15-13(11(3)14(9)22-6)7-8-17(5,23-15)20-16(18)19-12(4)21/h7-8H2,1-6H3,(H3,18,19,20,21). The van der Waals surface area contributed by atoms with Crippen LogP contribution in [0.2, 0.25) is 0 Å². The maximum atomic E-state index is 11.1. The van der Waals surface area contributed by atoms with E-state index in [2.05, 4.69) is 17.2 Å². The molecule has 23 heavy (non-hydrogen) atoms. The second-order valence-corrected chi connectivity index (χ2v) is 6.19. The van der Waals surface area contributed by atoms with E-state index in [0.717, 1.165) is 40.2 Å². The summed E-state index contributed by atoms with van der Waals surface area (Å²) in [4.78, 5) is 14.8. The van der Waals surface area contributed by atoms with Crippen molar-refractivity contribution in [3.63, 3.8) is 0 Å². The van der Waals surface area contributed by atoms with E-state index in [-0.39, 0.29) is 11.9 Å². The minimum Gasteiger partial charge on any atom is -0.496 e. The van der Waals surface area contributed by atoms with Crippen LogP contribution < -0.4 is 20.5 Å². The Morgan fingerprint density at radius 2 is 1.96 bits per heavy atom. The molecule has 1 aliphatic heterocycles. The van der Waals surface area contributed by atoms with Crippen molar-refractivity contribution in [2.75, 3.05) is 7.11 Å². The molecule has 3 N–H and O–H groups in total. The van der Waals surface area contributed by atoms with Crippen LogP contribution in [0.25, 0.3) is 0 Å². The van der Waals surface area contributed by atoms with Crippen LogP contribution in [0.5, 0.6) is 11.5 Å². The first-order valence-corrected chi connectivity index (χ1v) is 7.67. The second-order valence-electron chi connectivity index (χ2n) is 6.19. The highest BCUT2D eigenvalue weighted by Crippen LogP contribution is 2.42. The first-order chi connectivity index (χ1) is 10.7. The van der Waals surface area contributed by atoms with E-state index in [1.165, 1.54) is 6.92 Å². The number of guanidine groups is 1. The number of hydrogen-bond acceptors (Lipinski definition) is 3. The molecule has 2 rings (SSSR count). The third-order valence-corrected chi connectivity index (χ3v) is 4.36. The van der Waals surface area contributed by atoms with Gasteiger partial charge < -0.3 is 20.5 Å². The lowest BCUT2D eigenvalue weighted by Gasteiger charge is -2.38. The molecule has 6 heteroatoms. The number of fused-ring (bicyclic) bond motifs is 1. The van der Waals surface area contributed by atoms with Crippen molar-refractivity contribution in [1.82, 2.24) is 5.32 Å². The van der Waals surface area contributed by atoms with Gasteiger partial charge in [0.2, 0.25) is 5.91 Å². The van der Waals surface area contributed by atoms with Crippen LogP contribution in [-0.4, -0.2) is 24.7 Å². The molecule has 1 unspecified atom stereocenters. The number of rotatable bonds is 2. The minimum absolute atomic E-state index is 0.0723. The number of carbonyl (C=O) groups excluding carboxylic acids is 1. The van der Waals surface area contributed by atoms with Crippen molar-refractivity contribution in [2.24, 2.45) is 10.7 Å². The third-order valence-electron chi connectivity index (χ3n) is 4.36. The molecule has 1 heterocycles. The molecule has 0 saturated heterocycles. The van der Waals surface area contributed by atoms with E-state index in [1.807, 2.05) is 20.8 Å². The molecule has 1 atom stereocenters. The largest absolute Gasteiger partial charge is 0.496 e. The van der Waals surface area contributed by atoms with Gasteiger partial charge >= 0.3 is 0 Å². The number of methoxy groups -OCH3 is 1. The Morgan fingerprint density at radius 3 is 2.52 bits per heavy atom. The number of ether oxygens (including phenoxy) is 2. The number of benzene rings is 1. The Labute approximate surface area is 137 Å². The van der Waals surface area contributed by atoms with Crippen molar-refractivity contribution in [2.45, 2.75) is 53.2 Å². The monoisotopic (exact) mass is 319 g/mol. The van der Waals surface area contributed by atoms with Crippen LogP contribution in [0, 0.1) is 20.8 Å². The average molecular weight is 319 g/mol. The molecule has 1 aromatic rings. The Morgan fingerprint density at radius 1 is 1.30 bits per heavy atom. The first-order valence-electron chi connectivity index (χ1n) is 7.67. The molecule has 0 saturated carbocycles. The predicted molar refractivity (Wildman–Crippen MR) is 90.0 cm³/mol. The summed E-state index contributed by atoms with van der Waals surface area (Å²) in [6, 6.07) is 0. The zero-order valence-electron chi connectivity index (χ0n) is 14.7. The highest BCUT2D eigenvalue weighted by Gasteiger charge is 2.35. The molecule has 0 aliphatic carbocycles. The molecule has 0 spiro atoms. The van der Waals surface area contributed by atoms with Gasteiger partial charge in [-0.1, -0.05) is 0 Å². The third kappa shape index (κ3) is 3.25. The van der Waals surface area contributed by atoms with Crippen LogP contribution in [0.3, 0.4) is 0 Å². The lowest BCUT2D eigenvalue weighted by atomic mass is 9.90. The van der Waals surface area contributed by atoms with E-state index >= 15 is 0 Å². The molecule has 0 fully saturated rings. The quantitative estimate of drug-likeness (QED) is 0.644. The number of amides is 1. The molecule has 1 amide bonds. The highest BCUT2D eigenvalue weighted by atomic mass is 16.5. The molecule has 1 aromatic carbocycles. The van der Waals surface area contributed by atoms with E-state index in [9.17, 15) is 4.79 Å². The maximum absolute atomic E-state index is 11.1. The Balaban J connectivity index is 2.39. The van der Waals surface area contributed by atoms with E-state index in [1.54, 1.807) is 7.11 Å². The molecular formula is C17H25N3O3. The SMILES string of the molecule is COc1c(C)c(C)c2c(c1C)CCC(C)(NC(N)=NC(C)=O)O2. The van der Waals surface area contributed by atoms with Crippen LogP contribution in [0.1, 0.15) is 42.5 Å². The number of nitrogens with zero attached hydrogens (tertiary/aromatic N) is 1. The highest BCUT2D eigenvalue weighted by molar-refractivity contribution is 5.91. The topological polar surface area (TPSA) is 85.9 Å². The lowest BCUT2D eigenvalue weighted by molar-refractivity contribution is -0.115. The smallest absolute Gasteiger partial charge is 0.245 e. The summed E-state index contributed by atoms with van der Waals surface area (Å²) in [5, 5.41) is 3.02. The number of hydrogen-bond donors (Lipinski definition) is 2.